The number of halogens is 3. The van der Waals surface area contributed by atoms with E-state index in [0.717, 1.165) is 10.2 Å². The average Bonchev–Trinajstić information content (AvgIpc) is 2.70. The molecule has 0 aliphatic heterocycles. The Morgan fingerprint density at radius 2 is 2.20 bits per heavy atom. The van der Waals surface area contributed by atoms with E-state index in [1.807, 2.05) is 7.05 Å². The van der Waals surface area contributed by atoms with Crippen molar-refractivity contribution in [3.63, 3.8) is 0 Å². The lowest BCUT2D eigenvalue weighted by Crippen LogP contribution is -2.29. The van der Waals surface area contributed by atoms with Crippen LogP contribution in [0, 0.1) is 0 Å². The maximum atomic E-state index is 6.07. The van der Waals surface area contributed by atoms with Gasteiger partial charge in [0.05, 0.1) is 33.6 Å². The number of nitrogens with one attached hydrogen (secondary N) is 2. The highest BCUT2D eigenvalue weighted by atomic mass is 79.9. The van der Waals surface area contributed by atoms with Crippen molar-refractivity contribution in [2.24, 2.45) is 7.05 Å². The number of aromatic nitrogens is 2. The molecule has 4 nitrogen and oxygen atoms in total. The van der Waals surface area contributed by atoms with Crippen molar-refractivity contribution in [1.82, 2.24) is 15.1 Å². The van der Waals surface area contributed by atoms with Crippen molar-refractivity contribution in [3.05, 3.63) is 44.6 Å². The van der Waals surface area contributed by atoms with E-state index in [1.54, 1.807) is 29.1 Å². The average molecular weight is 394 g/mol. The maximum absolute atomic E-state index is 6.07. The van der Waals surface area contributed by atoms with Gasteiger partial charge < -0.3 is 10.6 Å². The van der Waals surface area contributed by atoms with Gasteiger partial charge in [-0.1, -0.05) is 23.2 Å². The number of anilines is 1. The molecule has 2 rings (SSSR count). The molecule has 106 valence electrons. The molecule has 2 aromatic rings. The third-order valence-electron chi connectivity index (χ3n) is 2.61. The molecule has 8 heteroatoms. The van der Waals surface area contributed by atoms with Gasteiger partial charge in [-0.15, -0.1) is 0 Å². The molecular weight excluding hydrogens is 383 g/mol. The van der Waals surface area contributed by atoms with E-state index in [1.165, 1.54) is 0 Å². The number of hydrogen-bond donors (Lipinski definition) is 2. The molecule has 0 saturated heterocycles. The smallest absolute Gasteiger partial charge is 0.171 e. The van der Waals surface area contributed by atoms with Crippen molar-refractivity contribution in [2.75, 3.05) is 5.32 Å². The van der Waals surface area contributed by atoms with Crippen molar-refractivity contribution in [1.29, 1.82) is 0 Å². The first-order valence-electron chi connectivity index (χ1n) is 5.63. The van der Waals surface area contributed by atoms with E-state index in [2.05, 4.69) is 31.7 Å². The van der Waals surface area contributed by atoms with Crippen LogP contribution in [0.15, 0.2) is 28.9 Å². The topological polar surface area (TPSA) is 41.9 Å². The number of rotatable bonds is 3. The predicted molar refractivity (Wildman–Crippen MR) is 90.4 cm³/mol. The summed E-state index contributed by atoms with van der Waals surface area (Å²) in [5.74, 6) is 0. The van der Waals surface area contributed by atoms with Crippen molar-refractivity contribution in [3.8, 4) is 0 Å². The zero-order valence-corrected chi connectivity index (χ0v) is 14.4. The predicted octanol–water partition coefficient (Wildman–Crippen LogP) is 3.98. The Balaban J connectivity index is 1.96. The SMILES string of the molecule is Cn1ncc(Br)c1CNC(=S)Nc1ccc(Cl)cc1Cl. The number of hydrogen-bond acceptors (Lipinski definition) is 2. The number of nitrogens with zero attached hydrogens (tertiary/aromatic N) is 2. The first-order chi connectivity index (χ1) is 9.47. The van der Waals surface area contributed by atoms with E-state index in [-0.39, 0.29) is 0 Å². The lowest BCUT2D eigenvalue weighted by Gasteiger charge is -2.12. The Kier molecular flexibility index (Phi) is 5.26. The molecule has 0 aliphatic carbocycles. The van der Waals surface area contributed by atoms with Crippen LogP contribution in [-0.2, 0) is 13.6 Å². The van der Waals surface area contributed by atoms with E-state index < -0.39 is 0 Å². The summed E-state index contributed by atoms with van der Waals surface area (Å²) in [5, 5.41) is 11.8. The van der Waals surface area contributed by atoms with Crippen LogP contribution in [0.2, 0.25) is 10.0 Å². The first-order valence-corrected chi connectivity index (χ1v) is 7.59. The highest BCUT2D eigenvalue weighted by Gasteiger charge is 2.07. The lowest BCUT2D eigenvalue weighted by atomic mass is 10.3. The van der Waals surface area contributed by atoms with Crippen molar-refractivity contribution < 1.29 is 0 Å². The molecule has 0 atom stereocenters. The minimum absolute atomic E-state index is 0.474. The summed E-state index contributed by atoms with van der Waals surface area (Å²) in [6.45, 7) is 0.550. The molecule has 0 amide bonds. The highest BCUT2D eigenvalue weighted by Crippen LogP contribution is 2.25. The van der Waals surface area contributed by atoms with Crippen molar-refractivity contribution in [2.45, 2.75) is 6.54 Å². The molecule has 20 heavy (non-hydrogen) atoms. The second-order valence-corrected chi connectivity index (χ2v) is 6.10. The van der Waals surface area contributed by atoms with Crippen LogP contribution in [0.25, 0.3) is 0 Å². The van der Waals surface area contributed by atoms with Gasteiger partial charge in [-0.05, 0) is 46.3 Å². The fourth-order valence-electron chi connectivity index (χ4n) is 1.56. The van der Waals surface area contributed by atoms with E-state index in [9.17, 15) is 0 Å². The van der Waals surface area contributed by atoms with Gasteiger partial charge in [-0.2, -0.15) is 5.10 Å². The minimum atomic E-state index is 0.474. The molecule has 0 radical (unpaired) electrons. The van der Waals surface area contributed by atoms with Gasteiger partial charge in [0.15, 0.2) is 5.11 Å². The summed E-state index contributed by atoms with van der Waals surface area (Å²) >= 11 is 20.6. The molecule has 0 unspecified atom stereocenters. The Hall–Kier alpha value is -0.820. The summed E-state index contributed by atoms with van der Waals surface area (Å²) in [6.07, 6.45) is 1.74. The molecular formula is C12H11BrCl2N4S. The third kappa shape index (κ3) is 3.85. The first kappa shape index (κ1) is 15.6. The zero-order valence-electron chi connectivity index (χ0n) is 10.5. The second-order valence-electron chi connectivity index (χ2n) is 3.99. The number of benzene rings is 1. The molecule has 0 saturated carbocycles. The van der Waals surface area contributed by atoms with E-state index >= 15 is 0 Å². The second kappa shape index (κ2) is 6.76. The Labute approximate surface area is 140 Å². The zero-order chi connectivity index (χ0) is 14.7. The minimum Gasteiger partial charge on any atom is -0.357 e. The van der Waals surface area contributed by atoms with Gasteiger partial charge in [0.25, 0.3) is 0 Å². The largest absolute Gasteiger partial charge is 0.357 e. The van der Waals surface area contributed by atoms with E-state index in [4.69, 9.17) is 35.4 Å². The normalized spacial score (nSPS) is 10.4. The lowest BCUT2D eigenvalue weighted by molar-refractivity contribution is 0.693. The van der Waals surface area contributed by atoms with Crippen LogP contribution < -0.4 is 10.6 Å². The van der Waals surface area contributed by atoms with Gasteiger partial charge in [0.2, 0.25) is 0 Å². The summed E-state index contributed by atoms with van der Waals surface area (Å²) in [6, 6.07) is 5.18. The highest BCUT2D eigenvalue weighted by molar-refractivity contribution is 9.10. The van der Waals surface area contributed by atoms with Crippen LogP contribution in [0.5, 0.6) is 0 Å². The molecule has 1 heterocycles. The molecule has 2 N–H and O–H groups in total. The quantitative estimate of drug-likeness (QED) is 0.774. The Morgan fingerprint density at radius 1 is 1.45 bits per heavy atom. The Morgan fingerprint density at radius 3 is 2.80 bits per heavy atom. The Bertz CT molecular complexity index is 625. The fourth-order valence-corrected chi connectivity index (χ4v) is 2.68. The summed E-state index contributed by atoms with van der Waals surface area (Å²) in [5.41, 5.74) is 1.70. The van der Waals surface area contributed by atoms with Gasteiger partial charge in [0, 0.05) is 12.1 Å². The number of aryl methyl sites for hydroxylation is 1. The third-order valence-corrected chi connectivity index (χ3v) is 4.06. The van der Waals surface area contributed by atoms with Crippen LogP contribution in [0.3, 0.4) is 0 Å². The van der Waals surface area contributed by atoms with Gasteiger partial charge in [0.1, 0.15) is 0 Å². The fraction of sp³-hybridized carbons (Fsp3) is 0.167. The van der Waals surface area contributed by atoms with Gasteiger partial charge >= 0.3 is 0 Å². The molecule has 0 bridgehead atoms. The summed E-state index contributed by atoms with van der Waals surface area (Å²) in [7, 11) is 1.87. The van der Waals surface area contributed by atoms with Crippen molar-refractivity contribution >= 4 is 62.1 Å². The number of thiocarbonyl (C=S) groups is 1. The summed E-state index contributed by atoms with van der Waals surface area (Å²) in [4.78, 5) is 0. The molecule has 0 fully saturated rings. The van der Waals surface area contributed by atoms with Crippen LogP contribution >= 0.6 is 51.3 Å². The molecule has 0 aliphatic rings. The van der Waals surface area contributed by atoms with Crippen LogP contribution in [0.1, 0.15) is 5.69 Å². The van der Waals surface area contributed by atoms with Gasteiger partial charge in [-0.25, -0.2) is 0 Å². The van der Waals surface area contributed by atoms with Gasteiger partial charge in [-0.3, -0.25) is 4.68 Å². The van der Waals surface area contributed by atoms with E-state index in [0.29, 0.717) is 27.4 Å². The standard InChI is InChI=1S/C12H11BrCl2N4S/c1-19-11(8(13)5-17-19)6-16-12(20)18-10-3-2-7(14)4-9(10)15/h2-5H,6H2,1H3,(H2,16,18,20). The molecule has 1 aromatic carbocycles. The van der Waals surface area contributed by atoms with Crippen LogP contribution in [-0.4, -0.2) is 14.9 Å². The molecule has 1 aromatic heterocycles. The molecule has 0 spiro atoms. The van der Waals surface area contributed by atoms with Crippen LogP contribution in [0.4, 0.5) is 5.69 Å². The monoisotopic (exact) mass is 392 g/mol. The maximum Gasteiger partial charge on any atom is 0.171 e. The summed E-state index contributed by atoms with van der Waals surface area (Å²) < 4.78 is 2.70.